The van der Waals surface area contributed by atoms with Gasteiger partial charge in [0.1, 0.15) is 0 Å². The Kier molecular flexibility index (Phi) is 5.88. The zero-order valence-electron chi connectivity index (χ0n) is 9.94. The summed E-state index contributed by atoms with van der Waals surface area (Å²) in [6, 6.07) is 7.47. The van der Waals surface area contributed by atoms with Gasteiger partial charge in [-0.15, -0.1) is 0 Å². The van der Waals surface area contributed by atoms with E-state index in [4.69, 9.17) is 15.3 Å². The maximum absolute atomic E-state index is 10.8. The van der Waals surface area contributed by atoms with Gasteiger partial charge >= 0.3 is 0 Å². The summed E-state index contributed by atoms with van der Waals surface area (Å²) in [7, 11) is 1.60. The molecule has 0 aromatic heterocycles. The second kappa shape index (κ2) is 7.51. The Morgan fingerprint density at radius 1 is 1.29 bits per heavy atom. The highest BCUT2D eigenvalue weighted by atomic mass is 16.5. The summed E-state index contributed by atoms with van der Waals surface area (Å²) in [6.45, 7) is 0.554. The number of ether oxygens (including phenoxy) is 2. The molecule has 0 spiro atoms. The van der Waals surface area contributed by atoms with Crippen LogP contribution in [0.25, 0.3) is 0 Å². The molecule has 5 heteroatoms. The number of unbranched alkanes of at least 4 members (excludes halogenated alkanes) is 1. The van der Waals surface area contributed by atoms with Crippen LogP contribution in [0.4, 0.5) is 0 Å². The van der Waals surface area contributed by atoms with Crippen molar-refractivity contribution < 1.29 is 14.3 Å². The van der Waals surface area contributed by atoms with Crippen LogP contribution >= 0.6 is 0 Å². The fraction of sp³-hybridized carbons (Fsp3) is 0.417. The van der Waals surface area contributed by atoms with Gasteiger partial charge in [-0.2, -0.15) is 0 Å². The van der Waals surface area contributed by atoms with Crippen LogP contribution < -0.4 is 20.7 Å². The highest BCUT2D eigenvalue weighted by Gasteiger charge is 2.02. The van der Waals surface area contributed by atoms with Crippen molar-refractivity contribution in [2.45, 2.75) is 19.3 Å². The van der Waals surface area contributed by atoms with E-state index in [-0.39, 0.29) is 5.91 Å². The van der Waals surface area contributed by atoms with E-state index < -0.39 is 0 Å². The molecule has 0 saturated carbocycles. The van der Waals surface area contributed by atoms with Crippen LogP contribution in [0.2, 0.25) is 0 Å². The van der Waals surface area contributed by atoms with E-state index in [9.17, 15) is 4.79 Å². The predicted octanol–water partition coefficient (Wildman–Crippen LogP) is 1.23. The van der Waals surface area contributed by atoms with Gasteiger partial charge < -0.3 is 9.47 Å². The number of rotatable bonds is 7. The second-order valence-corrected chi connectivity index (χ2v) is 3.52. The van der Waals surface area contributed by atoms with Crippen LogP contribution in [-0.4, -0.2) is 19.6 Å². The van der Waals surface area contributed by atoms with E-state index in [1.54, 1.807) is 7.11 Å². The van der Waals surface area contributed by atoms with Crippen molar-refractivity contribution in [2.24, 2.45) is 5.84 Å². The minimum absolute atomic E-state index is 0.151. The quantitative estimate of drug-likeness (QED) is 0.324. The highest BCUT2D eigenvalue weighted by molar-refractivity contribution is 5.75. The van der Waals surface area contributed by atoms with E-state index in [0.717, 1.165) is 18.6 Å². The van der Waals surface area contributed by atoms with Gasteiger partial charge in [-0.1, -0.05) is 12.1 Å². The summed E-state index contributed by atoms with van der Waals surface area (Å²) >= 11 is 0. The van der Waals surface area contributed by atoms with Crippen molar-refractivity contribution in [2.75, 3.05) is 13.7 Å². The first kappa shape index (κ1) is 13.3. The maximum atomic E-state index is 10.8. The summed E-state index contributed by atoms with van der Waals surface area (Å²) < 4.78 is 10.7. The third-order valence-electron chi connectivity index (χ3n) is 2.29. The molecule has 0 radical (unpaired) electrons. The lowest BCUT2D eigenvalue weighted by Gasteiger charge is -2.09. The Balaban J connectivity index is 2.24. The molecule has 0 aliphatic heterocycles. The molecule has 1 aromatic rings. The average Bonchev–Trinajstić information content (AvgIpc) is 2.38. The van der Waals surface area contributed by atoms with Crippen molar-refractivity contribution in [3.8, 4) is 11.5 Å². The number of carbonyl (C=O) groups excluding carboxylic acids is 1. The predicted molar refractivity (Wildman–Crippen MR) is 64.7 cm³/mol. The molecule has 0 bridgehead atoms. The molecule has 1 amide bonds. The monoisotopic (exact) mass is 238 g/mol. The summed E-state index contributed by atoms with van der Waals surface area (Å²) in [6.07, 6.45) is 1.97. The van der Waals surface area contributed by atoms with Crippen molar-refractivity contribution in [1.82, 2.24) is 5.43 Å². The SMILES string of the molecule is COc1ccccc1OCCCCC(=O)NN. The zero-order valence-corrected chi connectivity index (χ0v) is 9.94. The third-order valence-corrected chi connectivity index (χ3v) is 2.29. The molecule has 94 valence electrons. The normalized spacial score (nSPS) is 9.76. The first-order valence-electron chi connectivity index (χ1n) is 5.53. The summed E-state index contributed by atoms with van der Waals surface area (Å²) in [5.41, 5.74) is 2.09. The Bertz CT molecular complexity index is 355. The molecule has 0 heterocycles. The van der Waals surface area contributed by atoms with Gasteiger partial charge in [-0.3, -0.25) is 10.2 Å². The third kappa shape index (κ3) is 4.74. The lowest BCUT2D eigenvalue weighted by molar-refractivity contribution is -0.121. The largest absolute Gasteiger partial charge is 0.493 e. The first-order chi connectivity index (χ1) is 8.27. The lowest BCUT2D eigenvalue weighted by atomic mass is 10.2. The smallest absolute Gasteiger partial charge is 0.233 e. The van der Waals surface area contributed by atoms with Gasteiger partial charge in [0.15, 0.2) is 11.5 Å². The van der Waals surface area contributed by atoms with Crippen molar-refractivity contribution >= 4 is 5.91 Å². The van der Waals surface area contributed by atoms with Crippen LogP contribution in [-0.2, 0) is 4.79 Å². The number of hydrazine groups is 1. The summed E-state index contributed by atoms with van der Waals surface area (Å²) in [4.78, 5) is 10.8. The number of carbonyl (C=O) groups is 1. The summed E-state index contributed by atoms with van der Waals surface area (Å²) in [5, 5.41) is 0. The van der Waals surface area contributed by atoms with Crippen LogP contribution in [0, 0.1) is 0 Å². The molecule has 17 heavy (non-hydrogen) atoms. The van der Waals surface area contributed by atoms with E-state index in [0.29, 0.717) is 18.8 Å². The minimum atomic E-state index is -0.151. The molecule has 0 aliphatic carbocycles. The Labute approximate surface area is 101 Å². The molecule has 0 unspecified atom stereocenters. The van der Waals surface area contributed by atoms with E-state index in [1.807, 2.05) is 24.3 Å². The van der Waals surface area contributed by atoms with Crippen LogP contribution in [0.15, 0.2) is 24.3 Å². The Hall–Kier alpha value is -1.75. The zero-order chi connectivity index (χ0) is 12.5. The first-order valence-corrected chi connectivity index (χ1v) is 5.53. The summed E-state index contributed by atoms with van der Waals surface area (Å²) in [5.74, 6) is 6.25. The number of hydrogen-bond acceptors (Lipinski definition) is 4. The number of amides is 1. The van der Waals surface area contributed by atoms with Gasteiger partial charge in [0.2, 0.25) is 5.91 Å². The fourth-order valence-electron chi connectivity index (χ4n) is 1.38. The Morgan fingerprint density at radius 2 is 2.00 bits per heavy atom. The molecule has 1 aromatic carbocycles. The average molecular weight is 238 g/mol. The molecule has 5 nitrogen and oxygen atoms in total. The molecule has 3 N–H and O–H groups in total. The number of nitrogens with two attached hydrogens (primary N) is 1. The second-order valence-electron chi connectivity index (χ2n) is 3.52. The molecular weight excluding hydrogens is 220 g/mol. The van der Waals surface area contributed by atoms with E-state index in [1.165, 1.54) is 0 Å². The molecule has 0 aliphatic rings. The van der Waals surface area contributed by atoms with Gasteiger partial charge in [-0.05, 0) is 25.0 Å². The van der Waals surface area contributed by atoms with E-state index >= 15 is 0 Å². The molecule has 1 rings (SSSR count). The molecular formula is C12H18N2O3. The highest BCUT2D eigenvalue weighted by Crippen LogP contribution is 2.25. The van der Waals surface area contributed by atoms with E-state index in [2.05, 4.69) is 5.43 Å². The Morgan fingerprint density at radius 3 is 2.65 bits per heavy atom. The fourth-order valence-corrected chi connectivity index (χ4v) is 1.38. The number of para-hydroxylation sites is 2. The maximum Gasteiger partial charge on any atom is 0.233 e. The van der Waals surface area contributed by atoms with Gasteiger partial charge in [0, 0.05) is 6.42 Å². The van der Waals surface area contributed by atoms with Crippen molar-refractivity contribution in [3.63, 3.8) is 0 Å². The molecule has 0 saturated heterocycles. The van der Waals surface area contributed by atoms with Gasteiger partial charge in [0.25, 0.3) is 0 Å². The standard InChI is InChI=1S/C12H18N2O3/c1-16-10-6-2-3-7-11(10)17-9-5-4-8-12(15)14-13/h2-3,6-7H,4-5,8-9,13H2,1H3,(H,14,15). The minimum Gasteiger partial charge on any atom is -0.493 e. The van der Waals surface area contributed by atoms with Gasteiger partial charge in [-0.25, -0.2) is 5.84 Å². The number of benzene rings is 1. The van der Waals surface area contributed by atoms with Crippen molar-refractivity contribution in [1.29, 1.82) is 0 Å². The van der Waals surface area contributed by atoms with Crippen LogP contribution in [0.5, 0.6) is 11.5 Å². The van der Waals surface area contributed by atoms with Gasteiger partial charge in [0.05, 0.1) is 13.7 Å². The number of hydrogen-bond donors (Lipinski definition) is 2. The number of methoxy groups -OCH3 is 1. The van der Waals surface area contributed by atoms with Crippen LogP contribution in [0.3, 0.4) is 0 Å². The lowest BCUT2D eigenvalue weighted by Crippen LogP contribution is -2.29. The topological polar surface area (TPSA) is 73.6 Å². The van der Waals surface area contributed by atoms with Crippen molar-refractivity contribution in [3.05, 3.63) is 24.3 Å². The number of nitrogens with one attached hydrogen (secondary N) is 1. The van der Waals surface area contributed by atoms with Crippen LogP contribution in [0.1, 0.15) is 19.3 Å². The molecule has 0 fully saturated rings. The molecule has 0 atom stereocenters.